The maximum Gasteiger partial charge on any atom is 0.269 e. The van der Waals surface area contributed by atoms with Crippen LogP contribution in [0.2, 0.25) is 0 Å². The second-order valence-electron chi connectivity index (χ2n) is 10.1. The van der Waals surface area contributed by atoms with Gasteiger partial charge in [0.2, 0.25) is 0 Å². The first-order valence-electron chi connectivity index (χ1n) is 13.0. The fraction of sp³-hybridized carbons (Fsp3) is 0.571. The highest BCUT2D eigenvalue weighted by atomic mass is 32.2. The zero-order valence-electron chi connectivity index (χ0n) is 22.4. The molecule has 36 heavy (non-hydrogen) atoms. The lowest BCUT2D eigenvalue weighted by Gasteiger charge is -2.30. The van der Waals surface area contributed by atoms with Gasteiger partial charge in [0.05, 0.1) is 30.5 Å². The molecule has 7 nitrogen and oxygen atoms in total. The van der Waals surface area contributed by atoms with Gasteiger partial charge in [0.1, 0.15) is 16.7 Å². The van der Waals surface area contributed by atoms with E-state index in [2.05, 4.69) is 51.4 Å². The molecule has 0 amide bonds. The lowest BCUT2D eigenvalue weighted by atomic mass is 10.1. The number of unbranched alkanes of at least 4 members (excludes halogenated alkanes) is 9. The Morgan fingerprint density at radius 2 is 1.36 bits per heavy atom. The molecule has 2 aromatic rings. The van der Waals surface area contributed by atoms with E-state index in [1.165, 1.54) is 83.2 Å². The summed E-state index contributed by atoms with van der Waals surface area (Å²) in [6.07, 6.45) is 14.2. The van der Waals surface area contributed by atoms with E-state index in [0.717, 1.165) is 29.2 Å². The highest BCUT2D eigenvalue weighted by Gasteiger charge is 2.15. The summed E-state index contributed by atoms with van der Waals surface area (Å²) in [7, 11) is 0.175. The molecular weight excluding hydrogens is 476 g/mol. The maximum absolute atomic E-state index is 10.6. The topological polar surface area (TPSA) is 100 Å². The van der Waals surface area contributed by atoms with Crippen molar-refractivity contribution in [3.8, 4) is 0 Å². The SMILES string of the molecule is CCCCCCCCCCCC[N+](C)(C)Cc1ccccc1.Cc1cc([N+](=O)[O-])ccc1S(=O)(=O)[O-]. The first kappa shape index (κ1) is 31.7. The van der Waals surface area contributed by atoms with Gasteiger partial charge in [-0.15, -0.1) is 0 Å². The van der Waals surface area contributed by atoms with Gasteiger partial charge in [0.15, 0.2) is 0 Å². The molecule has 0 aliphatic rings. The Kier molecular flexibility index (Phi) is 14.5. The molecule has 0 bridgehead atoms. The molecule has 0 saturated carbocycles. The van der Waals surface area contributed by atoms with Crippen molar-refractivity contribution in [3.63, 3.8) is 0 Å². The van der Waals surface area contributed by atoms with Crippen LogP contribution in [0.25, 0.3) is 0 Å². The second-order valence-corrected chi connectivity index (χ2v) is 11.5. The van der Waals surface area contributed by atoms with Gasteiger partial charge in [-0.3, -0.25) is 10.1 Å². The van der Waals surface area contributed by atoms with E-state index in [4.69, 9.17) is 0 Å². The number of benzene rings is 2. The molecule has 0 spiro atoms. The van der Waals surface area contributed by atoms with E-state index in [1.54, 1.807) is 0 Å². The molecule has 8 heteroatoms. The van der Waals surface area contributed by atoms with Crippen LogP contribution in [-0.4, -0.2) is 43.0 Å². The average molecular weight is 521 g/mol. The molecule has 0 radical (unpaired) electrons. The van der Waals surface area contributed by atoms with Crippen LogP contribution < -0.4 is 0 Å². The Hall–Kier alpha value is -2.29. The third-order valence-corrected chi connectivity index (χ3v) is 7.21. The zero-order valence-corrected chi connectivity index (χ0v) is 23.3. The van der Waals surface area contributed by atoms with Crippen LogP contribution in [-0.2, 0) is 16.7 Å². The molecule has 0 aliphatic carbocycles. The van der Waals surface area contributed by atoms with E-state index < -0.39 is 19.9 Å². The van der Waals surface area contributed by atoms with Crippen molar-refractivity contribution in [1.29, 1.82) is 0 Å². The van der Waals surface area contributed by atoms with Crippen LogP contribution >= 0.6 is 0 Å². The molecule has 0 aromatic heterocycles. The molecular formula is C28H44N2O5S. The first-order chi connectivity index (χ1) is 17.0. The number of quaternary nitrogens is 1. The monoisotopic (exact) mass is 520 g/mol. The molecule has 0 unspecified atom stereocenters. The lowest BCUT2D eigenvalue weighted by Crippen LogP contribution is -2.39. The first-order valence-corrected chi connectivity index (χ1v) is 14.4. The molecule has 202 valence electrons. The number of nitrogens with zero attached hydrogens (tertiary/aromatic N) is 2. The third-order valence-electron chi connectivity index (χ3n) is 6.21. The van der Waals surface area contributed by atoms with E-state index in [0.29, 0.717) is 0 Å². The van der Waals surface area contributed by atoms with Crippen LogP contribution in [0.3, 0.4) is 0 Å². The van der Waals surface area contributed by atoms with Crippen molar-refractivity contribution in [1.82, 2.24) is 0 Å². The lowest BCUT2D eigenvalue weighted by molar-refractivity contribution is -0.903. The predicted octanol–water partition coefficient (Wildman–Crippen LogP) is 6.99. The smallest absolute Gasteiger partial charge is 0.269 e. The van der Waals surface area contributed by atoms with Gasteiger partial charge in [-0.2, -0.15) is 0 Å². The van der Waals surface area contributed by atoms with Gasteiger partial charge in [-0.1, -0.05) is 88.6 Å². The predicted molar refractivity (Wildman–Crippen MR) is 145 cm³/mol. The summed E-state index contributed by atoms with van der Waals surface area (Å²) in [4.78, 5) is 9.21. The number of rotatable bonds is 15. The van der Waals surface area contributed by atoms with Crippen LogP contribution in [0.5, 0.6) is 0 Å². The minimum absolute atomic E-state index is 0.0780. The summed E-state index contributed by atoms with van der Waals surface area (Å²) in [5.74, 6) is 0. The summed E-state index contributed by atoms with van der Waals surface area (Å²) in [5, 5.41) is 10.3. The van der Waals surface area contributed by atoms with Crippen molar-refractivity contribution in [2.24, 2.45) is 0 Å². The van der Waals surface area contributed by atoms with Gasteiger partial charge in [0, 0.05) is 17.7 Å². The number of hydrogen-bond donors (Lipinski definition) is 0. The van der Waals surface area contributed by atoms with Crippen LogP contribution in [0.4, 0.5) is 5.69 Å². The standard InChI is InChI=1S/C21H38N.C7H7NO5S/c1-4-5-6-7-8-9-10-11-12-16-19-22(2,3)20-21-17-14-13-15-18-21;1-5-4-6(8(9)10)2-3-7(5)14(11,12)13/h13-15,17-18H,4-12,16,19-20H2,1-3H3;2-4H,1H3,(H,11,12,13)/q+1;/p-1. The highest BCUT2D eigenvalue weighted by molar-refractivity contribution is 7.85. The third kappa shape index (κ3) is 13.7. The molecule has 0 aliphatic heterocycles. The Balaban J connectivity index is 0.000000397. The van der Waals surface area contributed by atoms with E-state index in [-0.39, 0.29) is 11.3 Å². The average Bonchev–Trinajstić information content (AvgIpc) is 2.80. The summed E-state index contributed by atoms with van der Waals surface area (Å²) in [5.41, 5.74) is 1.30. The molecule has 0 atom stereocenters. The number of hydrogen-bond acceptors (Lipinski definition) is 5. The number of nitro groups is 1. The summed E-state index contributed by atoms with van der Waals surface area (Å²) >= 11 is 0. The molecule has 2 rings (SSSR count). The van der Waals surface area contributed by atoms with Crippen molar-refractivity contribution >= 4 is 15.8 Å². The number of nitro benzene ring substituents is 1. The molecule has 0 N–H and O–H groups in total. The second kappa shape index (κ2) is 16.5. The molecule has 2 aromatic carbocycles. The van der Waals surface area contributed by atoms with Gasteiger partial charge in [-0.25, -0.2) is 8.42 Å². The Morgan fingerprint density at radius 1 is 0.833 bits per heavy atom. The Labute approximate surface area is 218 Å². The van der Waals surface area contributed by atoms with Gasteiger partial charge >= 0.3 is 0 Å². The van der Waals surface area contributed by atoms with Crippen LogP contribution in [0.1, 0.15) is 82.3 Å². The summed E-state index contributed by atoms with van der Waals surface area (Å²) in [6, 6.07) is 13.9. The van der Waals surface area contributed by atoms with Crippen LogP contribution in [0, 0.1) is 17.0 Å². The van der Waals surface area contributed by atoms with Crippen molar-refractivity contribution in [2.75, 3.05) is 20.6 Å². The van der Waals surface area contributed by atoms with Gasteiger partial charge in [0.25, 0.3) is 5.69 Å². The largest absolute Gasteiger partial charge is 0.744 e. The Morgan fingerprint density at radius 3 is 1.83 bits per heavy atom. The fourth-order valence-corrected chi connectivity index (χ4v) is 4.90. The van der Waals surface area contributed by atoms with Gasteiger partial charge < -0.3 is 9.04 Å². The maximum atomic E-state index is 10.6. The van der Waals surface area contributed by atoms with E-state index in [9.17, 15) is 23.1 Å². The minimum Gasteiger partial charge on any atom is -0.744 e. The molecule has 0 heterocycles. The number of non-ortho nitro benzene ring substituents is 1. The quantitative estimate of drug-likeness (QED) is 0.0828. The van der Waals surface area contributed by atoms with E-state index in [1.807, 2.05) is 0 Å². The molecule has 0 saturated heterocycles. The number of aryl methyl sites for hydroxylation is 1. The van der Waals surface area contributed by atoms with Crippen LogP contribution in [0.15, 0.2) is 53.4 Å². The van der Waals surface area contributed by atoms with Crippen molar-refractivity contribution < 1.29 is 22.4 Å². The van der Waals surface area contributed by atoms with Crippen molar-refractivity contribution in [2.45, 2.75) is 89.5 Å². The summed E-state index contributed by atoms with van der Waals surface area (Å²) < 4.78 is 32.9. The molecule has 0 fully saturated rings. The van der Waals surface area contributed by atoms with E-state index >= 15 is 0 Å². The fourth-order valence-electron chi connectivity index (χ4n) is 4.21. The Bertz CT molecular complexity index is 1010. The normalized spacial score (nSPS) is 11.6. The van der Waals surface area contributed by atoms with Crippen molar-refractivity contribution in [3.05, 3.63) is 69.8 Å². The minimum atomic E-state index is -4.55. The zero-order chi connectivity index (χ0) is 27.0. The highest BCUT2D eigenvalue weighted by Crippen LogP contribution is 2.20. The summed E-state index contributed by atoms with van der Waals surface area (Å²) in [6.45, 7) is 6.07. The van der Waals surface area contributed by atoms with Gasteiger partial charge in [-0.05, 0) is 31.4 Å².